The van der Waals surface area contributed by atoms with Gasteiger partial charge in [-0.25, -0.2) is 0 Å². The molecule has 0 aliphatic heterocycles. The van der Waals surface area contributed by atoms with Crippen LogP contribution in [0.2, 0.25) is 0 Å². The number of fused-ring (bicyclic) bond motifs is 5. The monoisotopic (exact) mass is 339 g/mol. The topological polar surface area (TPSA) is 61.8 Å². The standard InChI is InChI=1S/C21H29N3O/c1-20-9-7-14(25)11-13(20)3-4-15-16-5-6-18(19-12-22-24-23-19)21(16,2)10-8-17(15)20/h3,6,12,14-17,25H,4-5,7-11H2,1-2H3,(H,22,23,24)/t14-,15-,16-,17-,20-,21-/m0/s1. The molecule has 6 atom stereocenters. The molecule has 0 radical (unpaired) electrons. The average Bonchev–Trinajstić information content (AvgIpc) is 3.22. The predicted octanol–water partition coefficient (Wildman–Crippen LogP) is 4.12. The van der Waals surface area contributed by atoms with E-state index < -0.39 is 0 Å². The maximum absolute atomic E-state index is 10.1. The van der Waals surface area contributed by atoms with Crippen LogP contribution in [0.15, 0.2) is 23.9 Å². The van der Waals surface area contributed by atoms with Gasteiger partial charge in [-0.3, -0.25) is 5.10 Å². The van der Waals surface area contributed by atoms with Crippen LogP contribution < -0.4 is 0 Å². The smallest absolute Gasteiger partial charge is 0.108 e. The molecule has 0 amide bonds. The number of hydrogen-bond acceptors (Lipinski definition) is 3. The molecule has 0 unspecified atom stereocenters. The molecule has 4 nitrogen and oxygen atoms in total. The molecule has 4 heteroatoms. The summed E-state index contributed by atoms with van der Waals surface area (Å²) in [6, 6.07) is 0. The van der Waals surface area contributed by atoms with E-state index in [1.807, 2.05) is 6.20 Å². The summed E-state index contributed by atoms with van der Waals surface area (Å²) in [7, 11) is 0. The van der Waals surface area contributed by atoms with Gasteiger partial charge in [-0.15, -0.1) is 5.10 Å². The molecular weight excluding hydrogens is 310 g/mol. The number of aliphatic hydroxyl groups is 1. The van der Waals surface area contributed by atoms with E-state index in [9.17, 15) is 5.11 Å². The lowest BCUT2D eigenvalue weighted by atomic mass is 9.47. The first kappa shape index (κ1) is 15.8. The Balaban J connectivity index is 1.48. The van der Waals surface area contributed by atoms with Gasteiger partial charge in [0.05, 0.1) is 6.10 Å². The minimum atomic E-state index is -0.114. The van der Waals surface area contributed by atoms with E-state index in [1.54, 1.807) is 5.57 Å². The van der Waals surface area contributed by atoms with Gasteiger partial charge in [0.25, 0.3) is 0 Å². The van der Waals surface area contributed by atoms with Crippen molar-refractivity contribution in [3.63, 3.8) is 0 Å². The first-order valence-corrected chi connectivity index (χ1v) is 9.97. The highest BCUT2D eigenvalue weighted by Gasteiger charge is 2.57. The molecule has 1 aromatic heterocycles. The number of hydrogen-bond donors (Lipinski definition) is 2. The molecular formula is C21H29N3O. The summed E-state index contributed by atoms with van der Waals surface area (Å²) in [5.41, 5.74) is 4.58. The van der Waals surface area contributed by atoms with E-state index in [2.05, 4.69) is 41.4 Å². The molecule has 25 heavy (non-hydrogen) atoms. The predicted molar refractivity (Wildman–Crippen MR) is 97.5 cm³/mol. The molecule has 2 fully saturated rings. The summed E-state index contributed by atoms with van der Waals surface area (Å²) in [6.45, 7) is 4.96. The van der Waals surface area contributed by atoms with E-state index >= 15 is 0 Å². The van der Waals surface area contributed by atoms with Crippen LogP contribution in [0.3, 0.4) is 0 Å². The third-order valence-corrected chi connectivity index (χ3v) is 8.35. The third kappa shape index (κ3) is 2.09. The normalized spacial score (nSPS) is 45.9. The highest BCUT2D eigenvalue weighted by molar-refractivity contribution is 5.70. The average molecular weight is 339 g/mol. The second kappa shape index (κ2) is 5.29. The molecule has 134 valence electrons. The zero-order valence-corrected chi connectivity index (χ0v) is 15.3. The first-order chi connectivity index (χ1) is 12.0. The number of nitrogens with one attached hydrogen (secondary N) is 1. The highest BCUT2D eigenvalue weighted by atomic mass is 16.3. The molecule has 0 saturated heterocycles. The van der Waals surface area contributed by atoms with E-state index in [-0.39, 0.29) is 11.5 Å². The SMILES string of the molecule is C[C@]12CC[C@H](O)CC1=CC[C@@H]1[C@@H]2CC[C@]2(C)C(c3c[nH]nn3)=CC[C@@H]12. The Morgan fingerprint density at radius 3 is 2.72 bits per heavy atom. The van der Waals surface area contributed by atoms with Crippen LogP contribution in [0.5, 0.6) is 0 Å². The van der Waals surface area contributed by atoms with Gasteiger partial charge in [0, 0.05) is 6.20 Å². The zero-order valence-electron chi connectivity index (χ0n) is 15.3. The Morgan fingerprint density at radius 2 is 1.92 bits per heavy atom. The van der Waals surface area contributed by atoms with Crippen molar-refractivity contribution < 1.29 is 5.11 Å². The molecule has 5 rings (SSSR count). The van der Waals surface area contributed by atoms with Gasteiger partial charge < -0.3 is 5.11 Å². The Bertz CT molecular complexity index is 736. The Morgan fingerprint density at radius 1 is 1.08 bits per heavy atom. The summed E-state index contributed by atoms with van der Waals surface area (Å²) in [4.78, 5) is 0. The molecule has 1 aromatic rings. The van der Waals surface area contributed by atoms with Crippen LogP contribution in [0.25, 0.3) is 5.57 Å². The summed E-state index contributed by atoms with van der Waals surface area (Å²) < 4.78 is 0. The fourth-order valence-corrected chi connectivity index (χ4v) is 6.94. The Kier molecular flexibility index (Phi) is 3.35. The van der Waals surface area contributed by atoms with Crippen LogP contribution in [-0.2, 0) is 0 Å². The van der Waals surface area contributed by atoms with Crippen molar-refractivity contribution in [1.29, 1.82) is 0 Å². The number of aliphatic hydroxyl groups excluding tert-OH is 1. The fourth-order valence-electron chi connectivity index (χ4n) is 6.94. The lowest BCUT2D eigenvalue weighted by molar-refractivity contribution is -0.0238. The van der Waals surface area contributed by atoms with E-state index in [0.29, 0.717) is 5.41 Å². The number of H-pyrrole nitrogens is 1. The molecule has 4 aliphatic rings. The summed E-state index contributed by atoms with van der Waals surface area (Å²) in [5, 5.41) is 21.3. The van der Waals surface area contributed by atoms with Crippen molar-refractivity contribution in [3.8, 4) is 0 Å². The largest absolute Gasteiger partial charge is 0.393 e. The minimum Gasteiger partial charge on any atom is -0.393 e. The quantitative estimate of drug-likeness (QED) is 0.757. The zero-order chi connectivity index (χ0) is 17.2. The number of aromatic nitrogens is 3. The summed E-state index contributed by atoms with van der Waals surface area (Å²) in [6.07, 6.45) is 14.8. The van der Waals surface area contributed by atoms with Gasteiger partial charge in [0.2, 0.25) is 0 Å². The number of aromatic amines is 1. The van der Waals surface area contributed by atoms with Gasteiger partial charge in [-0.05, 0) is 79.1 Å². The third-order valence-electron chi connectivity index (χ3n) is 8.35. The number of rotatable bonds is 1. The van der Waals surface area contributed by atoms with Crippen molar-refractivity contribution >= 4 is 5.57 Å². The highest BCUT2D eigenvalue weighted by Crippen LogP contribution is 2.66. The van der Waals surface area contributed by atoms with Crippen LogP contribution >= 0.6 is 0 Å². The van der Waals surface area contributed by atoms with Crippen molar-refractivity contribution in [2.45, 2.75) is 64.9 Å². The lowest BCUT2D eigenvalue weighted by Crippen LogP contribution is -2.49. The van der Waals surface area contributed by atoms with Crippen LogP contribution in [0, 0.1) is 28.6 Å². The van der Waals surface area contributed by atoms with Crippen molar-refractivity contribution in [3.05, 3.63) is 29.6 Å². The van der Waals surface area contributed by atoms with Gasteiger partial charge in [-0.2, -0.15) is 0 Å². The first-order valence-electron chi connectivity index (χ1n) is 9.97. The Hall–Kier alpha value is -1.42. The lowest BCUT2D eigenvalue weighted by Gasteiger charge is -2.57. The molecule has 0 bridgehead atoms. The van der Waals surface area contributed by atoms with Gasteiger partial charge >= 0.3 is 0 Å². The van der Waals surface area contributed by atoms with E-state index in [4.69, 9.17) is 0 Å². The van der Waals surface area contributed by atoms with Crippen molar-refractivity contribution in [2.75, 3.05) is 0 Å². The van der Waals surface area contributed by atoms with Crippen LogP contribution in [0.4, 0.5) is 0 Å². The molecule has 0 aromatic carbocycles. The summed E-state index contributed by atoms with van der Waals surface area (Å²) in [5.74, 6) is 2.27. The molecule has 2 N–H and O–H groups in total. The van der Waals surface area contributed by atoms with Crippen molar-refractivity contribution in [2.24, 2.45) is 28.6 Å². The van der Waals surface area contributed by atoms with Crippen LogP contribution in [0.1, 0.15) is 64.5 Å². The Labute approximate surface area is 149 Å². The molecule has 1 heterocycles. The van der Waals surface area contributed by atoms with Crippen molar-refractivity contribution in [1.82, 2.24) is 15.4 Å². The van der Waals surface area contributed by atoms with E-state index in [0.717, 1.165) is 42.7 Å². The maximum atomic E-state index is 10.1. The number of allylic oxidation sites excluding steroid dienone is 3. The summed E-state index contributed by atoms with van der Waals surface area (Å²) >= 11 is 0. The molecule has 0 spiro atoms. The van der Waals surface area contributed by atoms with Crippen LogP contribution in [-0.4, -0.2) is 26.6 Å². The second-order valence-electron chi connectivity index (χ2n) is 9.32. The molecule has 4 aliphatic carbocycles. The van der Waals surface area contributed by atoms with E-state index in [1.165, 1.54) is 31.3 Å². The van der Waals surface area contributed by atoms with Gasteiger partial charge in [0.15, 0.2) is 0 Å². The fraction of sp³-hybridized carbons (Fsp3) is 0.714. The molecule has 2 saturated carbocycles. The van der Waals surface area contributed by atoms with Gasteiger partial charge in [0.1, 0.15) is 5.69 Å². The van der Waals surface area contributed by atoms with Gasteiger partial charge in [-0.1, -0.05) is 36.8 Å². The number of nitrogens with zero attached hydrogens (tertiary/aromatic N) is 2. The maximum Gasteiger partial charge on any atom is 0.108 e. The second-order valence-corrected chi connectivity index (χ2v) is 9.32. The minimum absolute atomic E-state index is 0.114.